The van der Waals surface area contributed by atoms with Gasteiger partial charge in [0.2, 0.25) is 0 Å². The highest BCUT2D eigenvalue weighted by atomic mass is 35.5. The van der Waals surface area contributed by atoms with Gasteiger partial charge in [-0.1, -0.05) is 23.2 Å². The molecule has 2 N–H and O–H groups in total. The summed E-state index contributed by atoms with van der Waals surface area (Å²) in [7, 11) is 0. The molecule has 100 valence electrons. The standard InChI is InChI=1S/C13H10Cl2F2N2/c14-8-4-11(15)13(19-6-8)12(18)3-7-1-9(16)5-10(17)2-7/h1-2,4-6,12H,3,18H2. The highest BCUT2D eigenvalue weighted by molar-refractivity contribution is 6.34. The van der Waals surface area contributed by atoms with E-state index in [2.05, 4.69) is 4.98 Å². The zero-order valence-corrected chi connectivity index (χ0v) is 11.2. The Hall–Kier alpha value is -1.23. The van der Waals surface area contributed by atoms with Crippen molar-refractivity contribution in [3.63, 3.8) is 0 Å². The Morgan fingerprint density at radius 1 is 1.11 bits per heavy atom. The van der Waals surface area contributed by atoms with Crippen LogP contribution < -0.4 is 5.73 Å². The van der Waals surface area contributed by atoms with Crippen LogP contribution in [-0.2, 0) is 6.42 Å². The zero-order valence-electron chi connectivity index (χ0n) is 9.71. The Morgan fingerprint density at radius 3 is 2.32 bits per heavy atom. The summed E-state index contributed by atoms with van der Waals surface area (Å²) in [5.41, 5.74) is 6.83. The van der Waals surface area contributed by atoms with E-state index in [1.165, 1.54) is 24.4 Å². The minimum atomic E-state index is -0.641. The summed E-state index contributed by atoms with van der Waals surface area (Å²) in [6.45, 7) is 0. The van der Waals surface area contributed by atoms with E-state index >= 15 is 0 Å². The van der Waals surface area contributed by atoms with E-state index in [0.717, 1.165) is 6.07 Å². The molecule has 2 nitrogen and oxygen atoms in total. The molecule has 1 atom stereocenters. The number of rotatable bonds is 3. The Balaban J connectivity index is 2.22. The van der Waals surface area contributed by atoms with Crippen LogP contribution in [0.2, 0.25) is 10.0 Å². The maximum atomic E-state index is 13.1. The molecule has 0 bridgehead atoms. The van der Waals surface area contributed by atoms with Crippen LogP contribution in [0, 0.1) is 11.6 Å². The van der Waals surface area contributed by atoms with E-state index in [1.807, 2.05) is 0 Å². The van der Waals surface area contributed by atoms with Gasteiger partial charge in [0.05, 0.1) is 21.8 Å². The molecule has 0 radical (unpaired) electrons. The number of hydrogen-bond acceptors (Lipinski definition) is 2. The molecule has 1 aromatic carbocycles. The van der Waals surface area contributed by atoms with Crippen molar-refractivity contribution in [1.29, 1.82) is 0 Å². The Labute approximate surface area is 119 Å². The third-order valence-electron chi connectivity index (χ3n) is 2.57. The zero-order chi connectivity index (χ0) is 14.0. The van der Waals surface area contributed by atoms with Crippen LogP contribution in [0.3, 0.4) is 0 Å². The van der Waals surface area contributed by atoms with Gasteiger partial charge in [-0.3, -0.25) is 4.98 Å². The van der Waals surface area contributed by atoms with Crippen LogP contribution in [0.5, 0.6) is 0 Å². The Morgan fingerprint density at radius 2 is 1.74 bits per heavy atom. The van der Waals surface area contributed by atoms with Gasteiger partial charge in [-0.05, 0) is 30.2 Å². The predicted octanol–water partition coefficient (Wildman–Crippen LogP) is 3.91. The van der Waals surface area contributed by atoms with Crippen LogP contribution in [0.1, 0.15) is 17.3 Å². The van der Waals surface area contributed by atoms with Gasteiger partial charge in [0, 0.05) is 12.3 Å². The molecule has 0 amide bonds. The third-order valence-corrected chi connectivity index (χ3v) is 3.07. The van der Waals surface area contributed by atoms with Crippen molar-refractivity contribution in [2.75, 3.05) is 0 Å². The molecule has 0 aliphatic carbocycles. The van der Waals surface area contributed by atoms with Crippen LogP contribution in [0.25, 0.3) is 0 Å². The fraction of sp³-hybridized carbons (Fsp3) is 0.154. The molecule has 0 aliphatic rings. The lowest BCUT2D eigenvalue weighted by molar-refractivity contribution is 0.575. The van der Waals surface area contributed by atoms with E-state index in [1.54, 1.807) is 0 Å². The van der Waals surface area contributed by atoms with Gasteiger partial charge >= 0.3 is 0 Å². The molecular weight excluding hydrogens is 293 g/mol. The first kappa shape index (κ1) is 14.2. The SMILES string of the molecule is NC(Cc1cc(F)cc(F)c1)c1ncc(Cl)cc1Cl. The summed E-state index contributed by atoms with van der Waals surface area (Å²) in [4.78, 5) is 4.04. The molecule has 1 unspecified atom stereocenters. The minimum Gasteiger partial charge on any atom is -0.322 e. The van der Waals surface area contributed by atoms with Gasteiger partial charge in [-0.2, -0.15) is 0 Å². The fourth-order valence-corrected chi connectivity index (χ4v) is 2.30. The lowest BCUT2D eigenvalue weighted by atomic mass is 10.0. The smallest absolute Gasteiger partial charge is 0.126 e. The number of halogens is 4. The first-order valence-corrected chi connectivity index (χ1v) is 6.23. The molecular formula is C13H10Cl2F2N2. The van der Waals surface area contributed by atoms with Crippen molar-refractivity contribution in [3.05, 3.63) is 63.4 Å². The van der Waals surface area contributed by atoms with Gasteiger partial charge in [0.1, 0.15) is 11.6 Å². The number of aromatic nitrogens is 1. The van der Waals surface area contributed by atoms with Crippen LogP contribution in [-0.4, -0.2) is 4.98 Å². The molecule has 19 heavy (non-hydrogen) atoms. The first-order valence-electron chi connectivity index (χ1n) is 5.47. The van der Waals surface area contributed by atoms with Gasteiger partial charge in [0.15, 0.2) is 0 Å². The fourth-order valence-electron chi connectivity index (χ4n) is 1.78. The summed E-state index contributed by atoms with van der Waals surface area (Å²) < 4.78 is 26.1. The van der Waals surface area contributed by atoms with E-state index in [-0.39, 0.29) is 6.42 Å². The molecule has 0 fully saturated rings. The first-order chi connectivity index (χ1) is 8.95. The lowest BCUT2D eigenvalue weighted by Gasteiger charge is -2.13. The molecule has 1 aromatic heterocycles. The second kappa shape index (κ2) is 5.82. The summed E-state index contributed by atoms with van der Waals surface area (Å²) in [5.74, 6) is -1.28. The number of nitrogens with zero attached hydrogens (tertiary/aromatic N) is 1. The third kappa shape index (κ3) is 3.62. The van der Waals surface area contributed by atoms with Crippen molar-refractivity contribution < 1.29 is 8.78 Å². The maximum Gasteiger partial charge on any atom is 0.126 e. The van der Waals surface area contributed by atoms with Crippen molar-refractivity contribution in [1.82, 2.24) is 4.98 Å². The number of benzene rings is 1. The van der Waals surface area contributed by atoms with Crippen LogP contribution >= 0.6 is 23.2 Å². The summed E-state index contributed by atoms with van der Waals surface area (Å²) in [6, 6.07) is 4.23. The van der Waals surface area contributed by atoms with Crippen molar-refractivity contribution in [2.24, 2.45) is 5.73 Å². The molecule has 2 aromatic rings. The molecule has 0 spiro atoms. The van der Waals surface area contributed by atoms with E-state index in [9.17, 15) is 8.78 Å². The van der Waals surface area contributed by atoms with Gasteiger partial charge in [-0.25, -0.2) is 8.78 Å². The molecule has 0 aliphatic heterocycles. The van der Waals surface area contributed by atoms with Crippen LogP contribution in [0.4, 0.5) is 8.78 Å². The largest absolute Gasteiger partial charge is 0.322 e. The van der Waals surface area contributed by atoms with E-state index in [0.29, 0.717) is 21.3 Å². The van der Waals surface area contributed by atoms with E-state index in [4.69, 9.17) is 28.9 Å². The highest BCUT2D eigenvalue weighted by Crippen LogP contribution is 2.25. The Bertz CT molecular complexity index is 585. The van der Waals surface area contributed by atoms with Crippen LogP contribution in [0.15, 0.2) is 30.5 Å². The van der Waals surface area contributed by atoms with Gasteiger partial charge in [-0.15, -0.1) is 0 Å². The average molecular weight is 303 g/mol. The minimum absolute atomic E-state index is 0.225. The topological polar surface area (TPSA) is 38.9 Å². The highest BCUT2D eigenvalue weighted by Gasteiger charge is 2.14. The molecule has 0 saturated heterocycles. The van der Waals surface area contributed by atoms with Gasteiger partial charge in [0.25, 0.3) is 0 Å². The Kier molecular flexibility index (Phi) is 4.34. The predicted molar refractivity (Wildman–Crippen MR) is 71.2 cm³/mol. The van der Waals surface area contributed by atoms with E-state index < -0.39 is 17.7 Å². The molecule has 1 heterocycles. The number of pyridine rings is 1. The monoisotopic (exact) mass is 302 g/mol. The average Bonchev–Trinajstić information content (AvgIpc) is 2.26. The van der Waals surface area contributed by atoms with Crippen molar-refractivity contribution >= 4 is 23.2 Å². The van der Waals surface area contributed by atoms with Crippen molar-refractivity contribution in [2.45, 2.75) is 12.5 Å². The molecule has 0 saturated carbocycles. The second-order valence-electron chi connectivity index (χ2n) is 4.11. The molecule has 2 rings (SSSR count). The summed E-state index contributed by atoms with van der Waals surface area (Å²) in [6.07, 6.45) is 1.65. The summed E-state index contributed by atoms with van der Waals surface area (Å²) >= 11 is 11.7. The maximum absolute atomic E-state index is 13.1. The lowest BCUT2D eigenvalue weighted by Crippen LogP contribution is -2.15. The summed E-state index contributed by atoms with van der Waals surface area (Å²) in [5, 5.41) is 0.731. The normalized spacial score (nSPS) is 12.5. The van der Waals surface area contributed by atoms with Gasteiger partial charge < -0.3 is 5.73 Å². The molecule has 6 heteroatoms. The second-order valence-corrected chi connectivity index (χ2v) is 4.95. The number of nitrogens with two attached hydrogens (primary N) is 1. The quantitative estimate of drug-likeness (QED) is 0.933. The van der Waals surface area contributed by atoms with Crippen molar-refractivity contribution in [3.8, 4) is 0 Å². The number of hydrogen-bond donors (Lipinski definition) is 1.